The summed E-state index contributed by atoms with van der Waals surface area (Å²) in [6.07, 6.45) is 0. The Balaban J connectivity index is 1.91. The maximum absolute atomic E-state index is 12.4. The minimum atomic E-state index is 0.113. The van der Waals surface area contributed by atoms with Crippen LogP contribution in [0.25, 0.3) is 0 Å². The van der Waals surface area contributed by atoms with Crippen LogP contribution in [0.5, 0.6) is 0 Å². The third-order valence-corrected chi connectivity index (χ3v) is 4.38. The van der Waals surface area contributed by atoms with Gasteiger partial charge in [-0.15, -0.1) is 11.8 Å². The van der Waals surface area contributed by atoms with Gasteiger partial charge in [-0.3, -0.25) is 9.69 Å². The Morgan fingerprint density at radius 1 is 1.20 bits per heavy atom. The molecule has 1 N–H and O–H groups in total. The zero-order valence-corrected chi connectivity index (χ0v) is 12.7. The minimum Gasteiger partial charge on any atom is -0.395 e. The Morgan fingerprint density at radius 2 is 1.85 bits per heavy atom. The van der Waals surface area contributed by atoms with E-state index >= 15 is 0 Å². The Kier molecular flexibility index (Phi) is 5.88. The molecular weight excluding hydrogens is 272 g/mol. The summed E-state index contributed by atoms with van der Waals surface area (Å²) < 4.78 is 0. The van der Waals surface area contributed by atoms with Gasteiger partial charge in [0.15, 0.2) is 0 Å². The summed E-state index contributed by atoms with van der Waals surface area (Å²) in [6.45, 7) is 6.17. The van der Waals surface area contributed by atoms with Gasteiger partial charge in [0.25, 0.3) is 5.91 Å². The number of thioether (sulfide) groups is 1. The molecule has 0 radical (unpaired) electrons. The SMILES string of the molecule is CCSc1ccc(C(=O)N2CCN(CCO)CC2)cc1. The quantitative estimate of drug-likeness (QED) is 0.837. The minimum absolute atomic E-state index is 0.113. The number of benzene rings is 1. The number of rotatable bonds is 5. The lowest BCUT2D eigenvalue weighted by Crippen LogP contribution is -2.49. The molecule has 0 saturated carbocycles. The lowest BCUT2D eigenvalue weighted by atomic mass is 10.2. The van der Waals surface area contributed by atoms with Gasteiger partial charge in [0.2, 0.25) is 0 Å². The highest BCUT2D eigenvalue weighted by Crippen LogP contribution is 2.18. The first-order chi connectivity index (χ1) is 9.74. The van der Waals surface area contributed by atoms with E-state index in [9.17, 15) is 4.79 Å². The van der Waals surface area contributed by atoms with Gasteiger partial charge in [-0.1, -0.05) is 6.92 Å². The maximum Gasteiger partial charge on any atom is 0.253 e. The predicted molar refractivity (Wildman–Crippen MR) is 82.3 cm³/mol. The molecule has 1 saturated heterocycles. The third kappa shape index (κ3) is 3.98. The molecule has 2 rings (SSSR count). The summed E-state index contributed by atoms with van der Waals surface area (Å²) in [5.74, 6) is 1.15. The topological polar surface area (TPSA) is 43.8 Å². The fraction of sp³-hybridized carbons (Fsp3) is 0.533. The molecule has 20 heavy (non-hydrogen) atoms. The van der Waals surface area contributed by atoms with Crippen LogP contribution in [0.3, 0.4) is 0 Å². The van der Waals surface area contributed by atoms with Gasteiger partial charge in [-0.25, -0.2) is 0 Å². The van der Waals surface area contributed by atoms with Crippen molar-refractivity contribution < 1.29 is 9.90 Å². The van der Waals surface area contributed by atoms with Crippen LogP contribution in [0.4, 0.5) is 0 Å². The predicted octanol–water partition coefficient (Wildman–Crippen LogP) is 1.55. The molecule has 5 heteroatoms. The van der Waals surface area contributed by atoms with Gasteiger partial charge in [0.1, 0.15) is 0 Å². The van der Waals surface area contributed by atoms with Gasteiger partial charge in [0.05, 0.1) is 6.61 Å². The highest BCUT2D eigenvalue weighted by atomic mass is 32.2. The number of carbonyl (C=O) groups is 1. The Hall–Kier alpha value is -1.04. The van der Waals surface area contributed by atoms with E-state index in [1.54, 1.807) is 11.8 Å². The molecule has 1 aromatic rings. The van der Waals surface area contributed by atoms with Crippen molar-refractivity contribution >= 4 is 17.7 Å². The standard InChI is InChI=1S/C15H22N2O2S/c1-2-20-14-5-3-13(4-6-14)15(19)17-9-7-16(8-10-17)11-12-18/h3-6,18H,2,7-12H2,1H3. The van der Waals surface area contributed by atoms with Crippen molar-refractivity contribution in [2.24, 2.45) is 0 Å². The third-order valence-electron chi connectivity index (χ3n) is 3.49. The monoisotopic (exact) mass is 294 g/mol. The van der Waals surface area contributed by atoms with Crippen molar-refractivity contribution in [1.82, 2.24) is 9.80 Å². The average molecular weight is 294 g/mol. The second kappa shape index (κ2) is 7.67. The van der Waals surface area contributed by atoms with E-state index < -0.39 is 0 Å². The van der Waals surface area contributed by atoms with Gasteiger partial charge < -0.3 is 10.0 Å². The number of β-amino-alcohol motifs (C(OH)–C–C–N with tert-alkyl or cyclic N) is 1. The zero-order chi connectivity index (χ0) is 14.4. The summed E-state index contributed by atoms with van der Waals surface area (Å²) in [5.41, 5.74) is 0.765. The van der Waals surface area contributed by atoms with Gasteiger partial charge in [0, 0.05) is 43.2 Å². The van der Waals surface area contributed by atoms with Crippen LogP contribution < -0.4 is 0 Å². The number of piperazine rings is 1. The number of carbonyl (C=O) groups excluding carboxylic acids is 1. The van der Waals surface area contributed by atoms with Crippen LogP contribution in [-0.2, 0) is 0 Å². The number of amides is 1. The van der Waals surface area contributed by atoms with Crippen LogP contribution in [0.1, 0.15) is 17.3 Å². The maximum atomic E-state index is 12.4. The summed E-state index contributed by atoms with van der Waals surface area (Å²) >= 11 is 1.78. The summed E-state index contributed by atoms with van der Waals surface area (Å²) in [5, 5.41) is 8.92. The normalized spacial score (nSPS) is 16.4. The largest absolute Gasteiger partial charge is 0.395 e. The van der Waals surface area contributed by atoms with E-state index in [4.69, 9.17) is 5.11 Å². The molecule has 0 atom stereocenters. The van der Waals surface area contributed by atoms with Crippen LogP contribution >= 0.6 is 11.8 Å². The molecule has 1 amide bonds. The van der Waals surface area contributed by atoms with Gasteiger partial charge in [-0.05, 0) is 30.0 Å². The van der Waals surface area contributed by atoms with Crippen LogP contribution in [0, 0.1) is 0 Å². The van der Waals surface area contributed by atoms with Gasteiger partial charge >= 0.3 is 0 Å². The van der Waals surface area contributed by atoms with Crippen molar-refractivity contribution in [2.75, 3.05) is 45.1 Å². The molecule has 0 bridgehead atoms. The van der Waals surface area contributed by atoms with Crippen molar-refractivity contribution in [3.8, 4) is 0 Å². The zero-order valence-electron chi connectivity index (χ0n) is 11.9. The fourth-order valence-corrected chi connectivity index (χ4v) is 3.02. The van der Waals surface area contributed by atoms with E-state index in [1.807, 2.05) is 29.2 Å². The molecule has 1 heterocycles. The van der Waals surface area contributed by atoms with Crippen LogP contribution in [-0.4, -0.2) is 65.9 Å². The molecule has 1 fully saturated rings. The molecule has 4 nitrogen and oxygen atoms in total. The average Bonchev–Trinajstić information content (AvgIpc) is 2.49. The molecular formula is C15H22N2O2S. The number of aliphatic hydroxyl groups is 1. The first-order valence-electron chi connectivity index (χ1n) is 7.10. The molecule has 0 aromatic heterocycles. The van der Waals surface area contributed by atoms with Crippen molar-refractivity contribution in [3.05, 3.63) is 29.8 Å². The molecule has 1 aliphatic heterocycles. The van der Waals surface area contributed by atoms with Crippen molar-refractivity contribution in [1.29, 1.82) is 0 Å². The second-order valence-corrected chi connectivity index (χ2v) is 6.15. The first kappa shape index (κ1) is 15.4. The lowest BCUT2D eigenvalue weighted by molar-refractivity contribution is 0.0615. The van der Waals surface area contributed by atoms with Crippen molar-refractivity contribution in [2.45, 2.75) is 11.8 Å². The Morgan fingerprint density at radius 3 is 2.40 bits per heavy atom. The number of hydrogen-bond acceptors (Lipinski definition) is 4. The molecule has 1 aromatic carbocycles. The smallest absolute Gasteiger partial charge is 0.253 e. The summed E-state index contributed by atoms with van der Waals surface area (Å²) in [7, 11) is 0. The highest BCUT2D eigenvalue weighted by molar-refractivity contribution is 7.99. The molecule has 0 unspecified atom stereocenters. The van der Waals surface area contributed by atoms with E-state index in [1.165, 1.54) is 4.90 Å². The molecule has 1 aliphatic rings. The molecule has 110 valence electrons. The summed E-state index contributed by atoms with van der Waals surface area (Å²) in [4.78, 5) is 17.7. The summed E-state index contributed by atoms with van der Waals surface area (Å²) in [6, 6.07) is 7.87. The van der Waals surface area contributed by atoms with E-state index in [0.29, 0.717) is 6.54 Å². The van der Waals surface area contributed by atoms with E-state index in [0.717, 1.165) is 37.5 Å². The fourth-order valence-electron chi connectivity index (χ4n) is 2.36. The number of aliphatic hydroxyl groups excluding tert-OH is 1. The lowest BCUT2D eigenvalue weighted by Gasteiger charge is -2.34. The number of hydrogen-bond donors (Lipinski definition) is 1. The van der Waals surface area contributed by atoms with E-state index in [2.05, 4.69) is 11.8 Å². The van der Waals surface area contributed by atoms with Crippen LogP contribution in [0.15, 0.2) is 29.2 Å². The Labute approximate surface area is 124 Å². The second-order valence-electron chi connectivity index (χ2n) is 4.81. The van der Waals surface area contributed by atoms with Crippen LogP contribution in [0.2, 0.25) is 0 Å². The molecule has 0 spiro atoms. The number of nitrogens with zero attached hydrogens (tertiary/aromatic N) is 2. The first-order valence-corrected chi connectivity index (χ1v) is 8.08. The van der Waals surface area contributed by atoms with Crippen molar-refractivity contribution in [3.63, 3.8) is 0 Å². The van der Waals surface area contributed by atoms with E-state index in [-0.39, 0.29) is 12.5 Å². The highest BCUT2D eigenvalue weighted by Gasteiger charge is 2.21. The van der Waals surface area contributed by atoms with Gasteiger partial charge in [-0.2, -0.15) is 0 Å². The Bertz CT molecular complexity index is 428. The molecule has 0 aliphatic carbocycles.